The van der Waals surface area contributed by atoms with Crippen molar-refractivity contribution in [2.45, 2.75) is 31.3 Å². The quantitative estimate of drug-likeness (QED) is 0.0558. The number of rotatable bonds is 15. The molecular weight excluding hydrogens is 472 g/mol. The monoisotopic (exact) mass is 504 g/mol. The maximum absolute atomic E-state index is 13.3. The van der Waals surface area contributed by atoms with Crippen molar-refractivity contribution >= 4 is 53.9 Å². The maximum atomic E-state index is 13.3. The zero-order valence-corrected chi connectivity index (χ0v) is 20.2. The van der Waals surface area contributed by atoms with Gasteiger partial charge in [-0.15, -0.1) is 5.16 Å². The summed E-state index contributed by atoms with van der Waals surface area (Å²) in [7, 11) is 0. The van der Waals surface area contributed by atoms with E-state index >= 15 is 0 Å². The van der Waals surface area contributed by atoms with E-state index < -0.39 is 30.5 Å². The third-order valence-electron chi connectivity index (χ3n) is 5.03. The smallest absolute Gasteiger partial charge is 0.261 e. The molecule has 0 aliphatic carbocycles. The number of benzene rings is 1. The molecule has 2 atom stereocenters. The highest BCUT2D eigenvalue weighted by atomic mass is 32.1. The fourth-order valence-electron chi connectivity index (χ4n) is 3.42. The van der Waals surface area contributed by atoms with Crippen LogP contribution in [0, 0.1) is 0 Å². The van der Waals surface area contributed by atoms with Crippen LogP contribution in [0.15, 0.2) is 40.6 Å². The minimum atomic E-state index is -0.979. The zero-order chi connectivity index (χ0) is 25.6. The van der Waals surface area contributed by atoms with E-state index in [0.29, 0.717) is 25.3 Å². The van der Waals surface area contributed by atoms with Gasteiger partial charge in [-0.1, -0.05) is 18.2 Å². The van der Waals surface area contributed by atoms with E-state index in [1.165, 1.54) is 0 Å². The van der Waals surface area contributed by atoms with Crippen LogP contribution < -0.4 is 27.4 Å². The summed E-state index contributed by atoms with van der Waals surface area (Å²) in [5, 5.41) is 12.2. The second-order valence-corrected chi connectivity index (χ2v) is 8.06. The Balaban J connectivity index is 2.19. The van der Waals surface area contributed by atoms with Gasteiger partial charge in [-0.05, 0) is 24.5 Å². The number of thiol groups is 1. The standard InChI is InChI=1S/C22H32N8O4S/c1-25-34-13-19(31)29-18(11-14-12-28-16-6-3-2-5-15(14)16)21(33)30-17(20(32)26-9-10-35)7-4-8-27-22(23)24/h2-3,5-6,12,17-18,28,35H,1,4,7-11,13H2,(H,26,32)(H,29,31)(H,30,33)(H4,23,24,27). The fourth-order valence-corrected chi connectivity index (χ4v) is 3.53. The Morgan fingerprint density at radius 3 is 2.63 bits per heavy atom. The van der Waals surface area contributed by atoms with Crippen LogP contribution in [0.3, 0.4) is 0 Å². The summed E-state index contributed by atoms with van der Waals surface area (Å²) in [5.74, 6) is -1.06. The molecule has 1 aromatic heterocycles. The number of nitrogens with zero attached hydrogens (tertiary/aromatic N) is 2. The molecule has 0 radical (unpaired) electrons. The van der Waals surface area contributed by atoms with Gasteiger partial charge in [0, 0.05) is 49.1 Å². The van der Waals surface area contributed by atoms with Crippen LogP contribution in [0.1, 0.15) is 18.4 Å². The Hall–Kier alpha value is -3.74. The summed E-state index contributed by atoms with van der Waals surface area (Å²) in [5.41, 5.74) is 12.4. The van der Waals surface area contributed by atoms with Gasteiger partial charge < -0.3 is 37.2 Å². The molecule has 2 aromatic rings. The lowest BCUT2D eigenvalue weighted by atomic mass is 10.0. The molecule has 190 valence electrons. The first-order chi connectivity index (χ1) is 16.8. The van der Waals surface area contributed by atoms with Gasteiger partial charge in [0.05, 0.1) is 0 Å². The van der Waals surface area contributed by atoms with E-state index in [0.717, 1.165) is 16.5 Å². The van der Waals surface area contributed by atoms with Crippen LogP contribution in [-0.2, 0) is 25.6 Å². The van der Waals surface area contributed by atoms with Crippen molar-refractivity contribution in [1.29, 1.82) is 0 Å². The van der Waals surface area contributed by atoms with Crippen molar-refractivity contribution in [3.05, 3.63) is 36.0 Å². The number of para-hydroxylation sites is 1. The Morgan fingerprint density at radius 2 is 1.91 bits per heavy atom. The van der Waals surface area contributed by atoms with Crippen molar-refractivity contribution in [2.24, 2.45) is 21.6 Å². The van der Waals surface area contributed by atoms with Crippen LogP contribution in [0.25, 0.3) is 10.9 Å². The summed E-state index contributed by atoms with van der Waals surface area (Å²) in [4.78, 5) is 50.0. The second kappa shape index (κ2) is 14.5. The van der Waals surface area contributed by atoms with Gasteiger partial charge in [-0.2, -0.15) is 12.6 Å². The van der Waals surface area contributed by atoms with E-state index in [9.17, 15) is 14.4 Å². The minimum Gasteiger partial charge on any atom is -0.386 e. The number of oxime groups is 1. The summed E-state index contributed by atoms with van der Waals surface area (Å²) in [6.45, 7) is 3.40. The fraction of sp³-hybridized carbons (Fsp3) is 0.409. The highest BCUT2D eigenvalue weighted by molar-refractivity contribution is 7.80. The normalized spacial score (nSPS) is 12.3. The first-order valence-electron chi connectivity index (χ1n) is 11.0. The molecule has 0 aliphatic heterocycles. The molecule has 2 unspecified atom stereocenters. The molecule has 12 nitrogen and oxygen atoms in total. The number of aliphatic imine (C=N–C) groups is 1. The van der Waals surface area contributed by atoms with Gasteiger partial charge in [-0.25, -0.2) is 0 Å². The van der Waals surface area contributed by atoms with E-state index in [-0.39, 0.29) is 24.7 Å². The maximum Gasteiger partial charge on any atom is 0.261 e. The summed E-state index contributed by atoms with van der Waals surface area (Å²) in [6.07, 6.45) is 2.71. The van der Waals surface area contributed by atoms with Crippen LogP contribution in [0.5, 0.6) is 0 Å². The Morgan fingerprint density at radius 1 is 1.14 bits per heavy atom. The molecule has 0 saturated heterocycles. The SMILES string of the molecule is C=NOCC(=O)NC(Cc1c[nH]c2ccccc12)C(=O)NC(CCCN=C(N)N)C(=O)NCCS. The number of nitrogens with one attached hydrogen (secondary N) is 4. The number of aromatic amines is 1. The molecule has 1 heterocycles. The zero-order valence-electron chi connectivity index (χ0n) is 19.3. The van der Waals surface area contributed by atoms with E-state index in [2.05, 4.69) is 55.3 Å². The molecule has 0 fully saturated rings. The number of aromatic nitrogens is 1. The van der Waals surface area contributed by atoms with Gasteiger partial charge >= 0.3 is 0 Å². The lowest BCUT2D eigenvalue weighted by Crippen LogP contribution is -2.55. The average Bonchev–Trinajstić information content (AvgIpc) is 3.25. The lowest BCUT2D eigenvalue weighted by molar-refractivity contribution is -0.133. The summed E-state index contributed by atoms with van der Waals surface area (Å²) >= 11 is 4.10. The molecule has 35 heavy (non-hydrogen) atoms. The van der Waals surface area contributed by atoms with Crippen molar-refractivity contribution in [1.82, 2.24) is 20.9 Å². The number of nitrogens with two attached hydrogens (primary N) is 2. The Kier molecular flexibility index (Phi) is 11.4. The number of guanidine groups is 1. The predicted octanol–water partition coefficient (Wildman–Crippen LogP) is -0.588. The van der Waals surface area contributed by atoms with Crippen molar-refractivity contribution in [3.8, 4) is 0 Å². The first-order valence-corrected chi connectivity index (χ1v) is 11.7. The van der Waals surface area contributed by atoms with Gasteiger partial charge in [0.2, 0.25) is 11.8 Å². The second-order valence-electron chi connectivity index (χ2n) is 7.61. The predicted molar refractivity (Wildman–Crippen MR) is 138 cm³/mol. The highest BCUT2D eigenvalue weighted by Gasteiger charge is 2.27. The molecule has 3 amide bonds. The molecule has 1 aromatic carbocycles. The third-order valence-corrected chi connectivity index (χ3v) is 5.25. The molecule has 0 spiro atoms. The number of H-pyrrole nitrogens is 1. The first kappa shape index (κ1) is 27.5. The van der Waals surface area contributed by atoms with Crippen molar-refractivity contribution in [3.63, 3.8) is 0 Å². The van der Waals surface area contributed by atoms with Crippen LogP contribution in [0.2, 0.25) is 0 Å². The lowest BCUT2D eigenvalue weighted by Gasteiger charge is -2.23. The highest BCUT2D eigenvalue weighted by Crippen LogP contribution is 2.19. The molecule has 0 saturated carbocycles. The number of amides is 3. The van der Waals surface area contributed by atoms with E-state index in [4.69, 9.17) is 11.5 Å². The largest absolute Gasteiger partial charge is 0.386 e. The van der Waals surface area contributed by atoms with Crippen LogP contribution in [0.4, 0.5) is 0 Å². The average molecular weight is 505 g/mol. The van der Waals surface area contributed by atoms with Crippen molar-refractivity contribution < 1.29 is 19.2 Å². The Labute approximate surface area is 208 Å². The number of carbonyl (C=O) groups excluding carboxylic acids is 3. The summed E-state index contributed by atoms with van der Waals surface area (Å²) in [6, 6.07) is 5.77. The minimum absolute atomic E-state index is 0.0529. The van der Waals surface area contributed by atoms with Crippen molar-refractivity contribution in [2.75, 3.05) is 25.4 Å². The van der Waals surface area contributed by atoms with Crippen LogP contribution in [-0.4, -0.2) is 72.9 Å². The summed E-state index contributed by atoms with van der Waals surface area (Å²) < 4.78 is 0. The Bertz CT molecular complexity index is 1040. The molecular formula is C22H32N8O4S. The van der Waals surface area contributed by atoms with E-state index in [1.807, 2.05) is 24.3 Å². The van der Waals surface area contributed by atoms with Crippen LogP contribution >= 0.6 is 12.6 Å². The van der Waals surface area contributed by atoms with Gasteiger partial charge in [0.1, 0.15) is 12.1 Å². The third kappa shape index (κ3) is 9.20. The number of hydrogen-bond donors (Lipinski definition) is 7. The van der Waals surface area contributed by atoms with Gasteiger partial charge in [0.15, 0.2) is 12.6 Å². The molecule has 8 N–H and O–H groups in total. The van der Waals surface area contributed by atoms with Gasteiger partial charge in [-0.3, -0.25) is 19.4 Å². The molecule has 0 bridgehead atoms. The number of carbonyl (C=O) groups is 3. The molecule has 2 rings (SSSR count). The van der Waals surface area contributed by atoms with Gasteiger partial charge in [0.25, 0.3) is 5.91 Å². The van der Waals surface area contributed by atoms with E-state index in [1.54, 1.807) is 6.20 Å². The topological polar surface area (TPSA) is 189 Å². The molecule has 0 aliphatic rings. The molecule has 13 heteroatoms. The number of fused-ring (bicyclic) bond motifs is 1. The number of hydrogen-bond acceptors (Lipinski definition) is 7.